The van der Waals surface area contributed by atoms with Gasteiger partial charge in [-0.3, -0.25) is 4.79 Å². The van der Waals surface area contributed by atoms with E-state index < -0.39 is 9.05 Å². The molecule has 0 bridgehead atoms. The van der Waals surface area contributed by atoms with Crippen molar-refractivity contribution in [2.24, 2.45) is 0 Å². The molecule has 0 aromatic rings. The van der Waals surface area contributed by atoms with Crippen molar-refractivity contribution in [1.82, 2.24) is 0 Å². The first-order chi connectivity index (χ1) is 9.14. The van der Waals surface area contributed by atoms with E-state index >= 15 is 0 Å². The molecule has 0 N–H and O–H groups in total. The minimum Gasteiger partial charge on any atom is -0.347 e. The molecule has 0 aliphatic heterocycles. The summed E-state index contributed by atoms with van der Waals surface area (Å²) in [4.78, 5) is 24.7. The summed E-state index contributed by atoms with van der Waals surface area (Å²) < 4.78 is 19.7. The lowest BCUT2D eigenvalue weighted by atomic mass is 10.2. The van der Waals surface area contributed by atoms with Crippen LogP contribution >= 0.6 is 0 Å². The van der Waals surface area contributed by atoms with Gasteiger partial charge >= 0.3 is 9.05 Å². The van der Waals surface area contributed by atoms with Crippen molar-refractivity contribution in [3.05, 3.63) is 12.2 Å². The molecule has 0 unspecified atom stereocenters. The van der Waals surface area contributed by atoms with Gasteiger partial charge in [0.05, 0.1) is 21.3 Å². The van der Waals surface area contributed by atoms with Gasteiger partial charge in [0.2, 0.25) is 0 Å². The van der Waals surface area contributed by atoms with E-state index in [1.807, 2.05) is 0 Å². The van der Waals surface area contributed by atoms with Crippen LogP contribution in [0.1, 0.15) is 19.8 Å². The Kier molecular flexibility index (Phi) is 10.8. The van der Waals surface area contributed by atoms with E-state index in [2.05, 4.69) is 14.7 Å². The summed E-state index contributed by atoms with van der Waals surface area (Å²) in [7, 11) is 0.106. The molecule has 0 atom stereocenters. The first-order valence-electron chi connectivity index (χ1n) is 5.59. The van der Waals surface area contributed by atoms with Crippen molar-refractivity contribution >= 4 is 14.8 Å². The lowest BCUT2D eigenvalue weighted by Gasteiger charge is -2.22. The molecule has 0 aromatic heterocycles. The monoisotopic (exact) mass is 296 g/mol. The van der Waals surface area contributed by atoms with Crippen LogP contribution in [0.3, 0.4) is 0 Å². The van der Waals surface area contributed by atoms with Crippen LogP contribution in [0.15, 0.2) is 12.2 Å². The average molecular weight is 296 g/mol. The fourth-order valence-electron chi connectivity index (χ4n) is 1.13. The molecule has 0 spiro atoms. The molecule has 0 saturated heterocycles. The van der Waals surface area contributed by atoms with Gasteiger partial charge in [-0.1, -0.05) is 6.08 Å². The van der Waals surface area contributed by atoms with Crippen LogP contribution in [-0.4, -0.2) is 42.8 Å². The lowest BCUT2D eigenvalue weighted by molar-refractivity contribution is -0.370. The van der Waals surface area contributed by atoms with E-state index in [-0.39, 0.29) is 12.4 Å². The average Bonchev–Trinajstić information content (AvgIpc) is 2.36. The summed E-state index contributed by atoms with van der Waals surface area (Å²) in [6, 6.07) is 0. The van der Waals surface area contributed by atoms with E-state index in [0.29, 0.717) is 12.8 Å². The second-order valence-corrected chi connectivity index (χ2v) is 4.96. The van der Waals surface area contributed by atoms with Gasteiger partial charge < -0.3 is 4.43 Å². The standard InChI is InChI=1S/C10H20O8Si/c1-5-7-10(11)8-6-9-15-19(16-12-2,17-13-3)18-14-4/h5,7H,6,8-9H2,1-4H3. The zero-order valence-electron chi connectivity index (χ0n) is 11.5. The number of carbonyl (C=O) groups excluding carboxylic acids is 1. The molecule has 0 amide bonds. The number of hydrogen-bond acceptors (Lipinski definition) is 8. The van der Waals surface area contributed by atoms with E-state index in [9.17, 15) is 4.79 Å². The van der Waals surface area contributed by atoms with Gasteiger partial charge in [-0.25, -0.2) is 14.7 Å². The summed E-state index contributed by atoms with van der Waals surface area (Å²) in [6.07, 6.45) is 3.97. The maximum absolute atomic E-state index is 11.2. The molecule has 9 heteroatoms. The van der Waals surface area contributed by atoms with Crippen molar-refractivity contribution in [3.8, 4) is 0 Å². The zero-order valence-corrected chi connectivity index (χ0v) is 12.5. The fraction of sp³-hybridized carbons (Fsp3) is 0.700. The lowest BCUT2D eigenvalue weighted by Crippen LogP contribution is -2.48. The minimum absolute atomic E-state index is 0.00588. The molecule has 0 aliphatic rings. The highest BCUT2D eigenvalue weighted by molar-refractivity contribution is 6.52. The van der Waals surface area contributed by atoms with E-state index in [1.54, 1.807) is 13.0 Å². The minimum atomic E-state index is -3.68. The molecular weight excluding hydrogens is 276 g/mol. The Morgan fingerprint density at radius 1 is 1.05 bits per heavy atom. The maximum Gasteiger partial charge on any atom is 0.764 e. The molecule has 8 nitrogen and oxygen atoms in total. The van der Waals surface area contributed by atoms with E-state index in [0.717, 1.165) is 0 Å². The second-order valence-electron chi connectivity index (χ2n) is 3.17. The van der Waals surface area contributed by atoms with E-state index in [1.165, 1.54) is 27.4 Å². The molecule has 0 rings (SSSR count). The van der Waals surface area contributed by atoms with Gasteiger partial charge in [0, 0.05) is 13.0 Å². The SMILES string of the molecule is CC=CC(=O)CCCO[Si](OOC)(OOC)OOC. The normalized spacial score (nSPS) is 12.2. The van der Waals surface area contributed by atoms with E-state index in [4.69, 9.17) is 18.2 Å². The molecule has 0 heterocycles. The van der Waals surface area contributed by atoms with Gasteiger partial charge in [0.25, 0.3) is 0 Å². The molecule has 0 aromatic carbocycles. The van der Waals surface area contributed by atoms with Crippen LogP contribution in [0.4, 0.5) is 0 Å². The summed E-state index contributed by atoms with van der Waals surface area (Å²) in [5.74, 6) is 0.00588. The van der Waals surface area contributed by atoms with Crippen LogP contribution in [0.5, 0.6) is 0 Å². The van der Waals surface area contributed by atoms with Crippen molar-refractivity contribution in [3.63, 3.8) is 0 Å². The highest BCUT2D eigenvalue weighted by Crippen LogP contribution is 2.13. The molecule has 0 fully saturated rings. The summed E-state index contributed by atoms with van der Waals surface area (Å²) in [5, 5.41) is 0. The van der Waals surface area contributed by atoms with Gasteiger partial charge in [0.15, 0.2) is 5.78 Å². The third-order valence-electron chi connectivity index (χ3n) is 1.76. The number of ketones is 1. The quantitative estimate of drug-likeness (QED) is 0.174. The van der Waals surface area contributed by atoms with Crippen LogP contribution in [-0.2, 0) is 37.6 Å². The van der Waals surface area contributed by atoms with Gasteiger partial charge in [-0.2, -0.15) is 13.7 Å². The van der Waals surface area contributed by atoms with Gasteiger partial charge in [-0.15, -0.1) is 0 Å². The largest absolute Gasteiger partial charge is 0.764 e. The van der Waals surface area contributed by atoms with Crippen molar-refractivity contribution < 1.29 is 37.6 Å². The zero-order chi connectivity index (χ0) is 14.6. The molecule has 0 saturated carbocycles. The Hall–Kier alpha value is -0.653. The number of rotatable bonds is 12. The number of carbonyl (C=O) groups is 1. The Labute approximate surface area is 113 Å². The van der Waals surface area contributed by atoms with Crippen LogP contribution in [0, 0.1) is 0 Å². The molecular formula is C10H20O8Si. The first kappa shape index (κ1) is 18.3. The highest BCUT2D eigenvalue weighted by Gasteiger charge is 2.51. The Balaban J connectivity index is 4.20. The topological polar surface area (TPSA) is 81.7 Å². The van der Waals surface area contributed by atoms with Crippen LogP contribution in [0.2, 0.25) is 0 Å². The molecule has 112 valence electrons. The Morgan fingerprint density at radius 3 is 2.00 bits per heavy atom. The Morgan fingerprint density at radius 2 is 1.58 bits per heavy atom. The Bertz CT molecular complexity index is 253. The number of hydrogen-bond donors (Lipinski definition) is 0. The summed E-state index contributed by atoms with van der Waals surface area (Å²) in [6.45, 7) is 1.93. The van der Waals surface area contributed by atoms with Crippen molar-refractivity contribution in [2.75, 3.05) is 27.9 Å². The molecule has 19 heavy (non-hydrogen) atoms. The molecule has 0 aliphatic carbocycles. The predicted molar refractivity (Wildman–Crippen MR) is 65.0 cm³/mol. The van der Waals surface area contributed by atoms with Crippen LogP contribution < -0.4 is 0 Å². The fourth-order valence-corrected chi connectivity index (χ4v) is 2.37. The third-order valence-corrected chi connectivity index (χ3v) is 3.43. The highest BCUT2D eigenvalue weighted by atomic mass is 28.4. The first-order valence-corrected chi connectivity index (χ1v) is 7.22. The van der Waals surface area contributed by atoms with Crippen LogP contribution in [0.25, 0.3) is 0 Å². The van der Waals surface area contributed by atoms with Crippen molar-refractivity contribution in [1.29, 1.82) is 0 Å². The molecule has 0 radical (unpaired) electrons. The van der Waals surface area contributed by atoms with Gasteiger partial charge in [-0.05, 0) is 19.4 Å². The third kappa shape index (κ3) is 8.18. The van der Waals surface area contributed by atoms with Gasteiger partial charge in [0.1, 0.15) is 0 Å². The summed E-state index contributed by atoms with van der Waals surface area (Å²) >= 11 is 0. The second kappa shape index (κ2) is 11.2. The maximum atomic E-state index is 11.2. The smallest absolute Gasteiger partial charge is 0.347 e. The summed E-state index contributed by atoms with van der Waals surface area (Å²) in [5.41, 5.74) is 0. The van der Waals surface area contributed by atoms with Crippen molar-refractivity contribution in [2.45, 2.75) is 19.8 Å². The predicted octanol–water partition coefficient (Wildman–Crippen LogP) is 1.10. The number of allylic oxidation sites excluding steroid dienone is 2.